The van der Waals surface area contributed by atoms with E-state index in [9.17, 15) is 9.59 Å². The number of hydrogen-bond acceptors (Lipinski definition) is 3. The Hall–Kier alpha value is -2.08. The molecule has 0 bridgehead atoms. The van der Waals surface area contributed by atoms with E-state index in [0.717, 1.165) is 18.7 Å². The first-order valence-corrected chi connectivity index (χ1v) is 6.22. The smallest absolute Gasteiger partial charge is 0.335 e. The molecule has 6 nitrogen and oxygen atoms in total. The average molecular weight is 263 g/mol. The minimum absolute atomic E-state index is 0.0798. The summed E-state index contributed by atoms with van der Waals surface area (Å²) in [6.45, 7) is 3.47. The van der Waals surface area contributed by atoms with Crippen molar-refractivity contribution in [2.45, 2.75) is 6.54 Å². The van der Waals surface area contributed by atoms with Crippen LogP contribution in [-0.2, 0) is 6.54 Å². The second-order valence-electron chi connectivity index (χ2n) is 4.40. The monoisotopic (exact) mass is 263 g/mol. The van der Waals surface area contributed by atoms with E-state index >= 15 is 0 Å². The molecule has 1 fully saturated rings. The van der Waals surface area contributed by atoms with Gasteiger partial charge in [0.05, 0.1) is 5.56 Å². The summed E-state index contributed by atoms with van der Waals surface area (Å²) >= 11 is 0. The molecule has 1 aliphatic heterocycles. The second-order valence-corrected chi connectivity index (χ2v) is 4.40. The van der Waals surface area contributed by atoms with Crippen LogP contribution in [0.1, 0.15) is 15.9 Å². The van der Waals surface area contributed by atoms with Crippen LogP contribution in [0, 0.1) is 0 Å². The Balaban J connectivity index is 1.84. The number of piperazine rings is 1. The Morgan fingerprint density at radius 2 is 1.84 bits per heavy atom. The number of carboxylic acid groups (broad SMARTS) is 1. The summed E-state index contributed by atoms with van der Waals surface area (Å²) < 4.78 is 0. The van der Waals surface area contributed by atoms with Crippen LogP contribution in [0.4, 0.5) is 4.79 Å². The number of hydrogen-bond donors (Lipinski definition) is 3. The molecule has 3 N–H and O–H groups in total. The molecule has 0 aromatic heterocycles. The molecule has 0 radical (unpaired) electrons. The van der Waals surface area contributed by atoms with Crippen LogP contribution in [0.3, 0.4) is 0 Å². The largest absolute Gasteiger partial charge is 0.478 e. The predicted molar refractivity (Wildman–Crippen MR) is 70.1 cm³/mol. The number of urea groups is 1. The van der Waals surface area contributed by atoms with Gasteiger partial charge in [-0.25, -0.2) is 9.59 Å². The van der Waals surface area contributed by atoms with Crippen LogP contribution in [0.15, 0.2) is 24.3 Å². The predicted octanol–water partition coefficient (Wildman–Crippen LogP) is 0.500. The molecule has 1 saturated heterocycles. The lowest BCUT2D eigenvalue weighted by molar-refractivity contribution is 0.0697. The fourth-order valence-corrected chi connectivity index (χ4v) is 1.92. The Labute approximate surface area is 111 Å². The number of carbonyl (C=O) groups is 2. The van der Waals surface area contributed by atoms with E-state index in [4.69, 9.17) is 5.11 Å². The second kappa shape index (κ2) is 6.19. The van der Waals surface area contributed by atoms with Gasteiger partial charge < -0.3 is 20.6 Å². The van der Waals surface area contributed by atoms with Crippen molar-refractivity contribution in [1.82, 2.24) is 15.5 Å². The third-order valence-electron chi connectivity index (χ3n) is 3.05. The fourth-order valence-electron chi connectivity index (χ4n) is 1.92. The maximum Gasteiger partial charge on any atom is 0.335 e. The SMILES string of the molecule is O=C(O)c1ccc(CNC(=O)N2CCNCC2)cc1. The first kappa shape index (κ1) is 13.4. The van der Waals surface area contributed by atoms with Crippen LogP contribution < -0.4 is 10.6 Å². The topological polar surface area (TPSA) is 81.7 Å². The lowest BCUT2D eigenvalue weighted by Crippen LogP contribution is -2.50. The zero-order valence-corrected chi connectivity index (χ0v) is 10.6. The number of carboxylic acids is 1. The third-order valence-corrected chi connectivity index (χ3v) is 3.05. The van der Waals surface area contributed by atoms with Gasteiger partial charge in [-0.3, -0.25) is 0 Å². The Bertz CT molecular complexity index is 453. The first-order valence-electron chi connectivity index (χ1n) is 6.22. The van der Waals surface area contributed by atoms with Crippen LogP contribution in [0.25, 0.3) is 0 Å². The van der Waals surface area contributed by atoms with Gasteiger partial charge in [0.1, 0.15) is 0 Å². The first-order chi connectivity index (χ1) is 9.16. The highest BCUT2D eigenvalue weighted by Gasteiger charge is 2.15. The number of amides is 2. The normalized spacial score (nSPS) is 15.1. The fraction of sp³-hybridized carbons (Fsp3) is 0.385. The summed E-state index contributed by atoms with van der Waals surface area (Å²) in [5, 5.41) is 14.8. The summed E-state index contributed by atoms with van der Waals surface area (Å²) in [6.07, 6.45) is 0. The van der Waals surface area contributed by atoms with Crippen LogP contribution in [0.5, 0.6) is 0 Å². The summed E-state index contributed by atoms with van der Waals surface area (Å²) in [5.74, 6) is -0.948. The van der Waals surface area contributed by atoms with E-state index in [2.05, 4.69) is 10.6 Å². The number of carbonyl (C=O) groups excluding carboxylic acids is 1. The average Bonchev–Trinajstić information content (AvgIpc) is 2.46. The Morgan fingerprint density at radius 3 is 2.42 bits per heavy atom. The van der Waals surface area contributed by atoms with Gasteiger partial charge in [-0.2, -0.15) is 0 Å². The van der Waals surface area contributed by atoms with E-state index in [1.54, 1.807) is 17.0 Å². The van der Waals surface area contributed by atoms with Crippen molar-refractivity contribution < 1.29 is 14.7 Å². The highest BCUT2D eigenvalue weighted by Crippen LogP contribution is 2.04. The van der Waals surface area contributed by atoms with Crippen LogP contribution in [0.2, 0.25) is 0 Å². The molecule has 1 heterocycles. The Kier molecular flexibility index (Phi) is 4.35. The molecule has 102 valence electrons. The quantitative estimate of drug-likeness (QED) is 0.741. The number of rotatable bonds is 3. The highest BCUT2D eigenvalue weighted by atomic mass is 16.4. The molecule has 0 spiro atoms. The van der Waals surface area contributed by atoms with Crippen molar-refractivity contribution in [3.05, 3.63) is 35.4 Å². The third kappa shape index (κ3) is 3.69. The van der Waals surface area contributed by atoms with Crippen molar-refractivity contribution in [3.63, 3.8) is 0 Å². The molecule has 0 saturated carbocycles. The van der Waals surface area contributed by atoms with Crippen molar-refractivity contribution in [2.24, 2.45) is 0 Å². The number of benzene rings is 1. The van der Waals surface area contributed by atoms with E-state index < -0.39 is 5.97 Å². The minimum atomic E-state index is -0.948. The molecular weight excluding hydrogens is 246 g/mol. The van der Waals surface area contributed by atoms with Gasteiger partial charge in [0.15, 0.2) is 0 Å². The molecular formula is C13H17N3O3. The van der Waals surface area contributed by atoms with Gasteiger partial charge >= 0.3 is 12.0 Å². The molecule has 1 aromatic carbocycles. The maximum absolute atomic E-state index is 11.8. The van der Waals surface area contributed by atoms with Crippen LogP contribution >= 0.6 is 0 Å². The molecule has 0 aliphatic carbocycles. The van der Waals surface area contributed by atoms with Crippen molar-refractivity contribution in [2.75, 3.05) is 26.2 Å². The van der Waals surface area contributed by atoms with Crippen molar-refractivity contribution in [1.29, 1.82) is 0 Å². The van der Waals surface area contributed by atoms with Gasteiger partial charge in [-0.05, 0) is 17.7 Å². The lowest BCUT2D eigenvalue weighted by atomic mass is 10.1. The standard InChI is InChI=1S/C13H17N3O3/c17-12(18)11-3-1-10(2-4-11)9-15-13(19)16-7-5-14-6-8-16/h1-4,14H,5-9H2,(H,15,19)(H,17,18). The highest BCUT2D eigenvalue weighted by molar-refractivity contribution is 5.87. The van der Waals surface area contributed by atoms with E-state index in [1.807, 2.05) is 0 Å². The van der Waals surface area contributed by atoms with Crippen molar-refractivity contribution >= 4 is 12.0 Å². The van der Waals surface area contributed by atoms with Gasteiger partial charge in [0, 0.05) is 32.7 Å². The minimum Gasteiger partial charge on any atom is -0.478 e. The molecule has 1 aromatic rings. The molecule has 19 heavy (non-hydrogen) atoms. The molecule has 2 rings (SSSR count). The number of nitrogens with zero attached hydrogens (tertiary/aromatic N) is 1. The van der Waals surface area contributed by atoms with Gasteiger partial charge in [0.25, 0.3) is 0 Å². The van der Waals surface area contributed by atoms with Gasteiger partial charge in [-0.1, -0.05) is 12.1 Å². The molecule has 2 amide bonds. The molecule has 0 unspecified atom stereocenters. The molecule has 6 heteroatoms. The van der Waals surface area contributed by atoms with Crippen molar-refractivity contribution in [3.8, 4) is 0 Å². The summed E-state index contributed by atoms with van der Waals surface area (Å²) in [7, 11) is 0. The van der Waals surface area contributed by atoms with E-state index in [0.29, 0.717) is 19.6 Å². The Morgan fingerprint density at radius 1 is 1.21 bits per heavy atom. The molecule has 0 atom stereocenters. The number of nitrogens with one attached hydrogen (secondary N) is 2. The zero-order valence-electron chi connectivity index (χ0n) is 10.6. The number of aromatic carboxylic acids is 1. The summed E-state index contributed by atoms with van der Waals surface area (Å²) in [6, 6.07) is 6.41. The van der Waals surface area contributed by atoms with Crippen LogP contribution in [-0.4, -0.2) is 48.2 Å². The summed E-state index contributed by atoms with van der Waals surface area (Å²) in [4.78, 5) is 24.3. The van der Waals surface area contributed by atoms with E-state index in [1.165, 1.54) is 12.1 Å². The van der Waals surface area contributed by atoms with Gasteiger partial charge in [0.2, 0.25) is 0 Å². The zero-order chi connectivity index (χ0) is 13.7. The molecule has 1 aliphatic rings. The van der Waals surface area contributed by atoms with E-state index in [-0.39, 0.29) is 11.6 Å². The lowest BCUT2D eigenvalue weighted by Gasteiger charge is -2.27. The summed E-state index contributed by atoms with van der Waals surface area (Å²) in [5.41, 5.74) is 1.13. The van der Waals surface area contributed by atoms with Gasteiger partial charge in [-0.15, -0.1) is 0 Å². The maximum atomic E-state index is 11.8.